The van der Waals surface area contributed by atoms with Crippen LogP contribution in [0.5, 0.6) is 0 Å². The van der Waals surface area contributed by atoms with E-state index in [2.05, 4.69) is 60.8 Å². The molecule has 2 heterocycles. The number of fused-ring (bicyclic) bond motifs is 1. The normalized spacial score (nSPS) is 21.2. The van der Waals surface area contributed by atoms with Crippen LogP contribution in [-0.2, 0) is 0 Å². The first-order chi connectivity index (χ1) is 9.74. The standard InChI is InChI=1S/C15H12BrN3S/c16-10-6-12-14(17-8-10)19(15(20)18-12)13-7-11(13)9-4-2-1-3-5-9/h1-6,8,11,13H,7H2,(H,18,20). The predicted molar refractivity (Wildman–Crippen MR) is 85.5 cm³/mol. The molecule has 0 saturated heterocycles. The second-order valence-corrected chi connectivity index (χ2v) is 6.45. The van der Waals surface area contributed by atoms with Gasteiger partial charge in [0.2, 0.25) is 0 Å². The lowest BCUT2D eigenvalue weighted by atomic mass is 10.1. The van der Waals surface area contributed by atoms with Crippen LogP contribution >= 0.6 is 28.1 Å². The van der Waals surface area contributed by atoms with Crippen molar-refractivity contribution < 1.29 is 0 Å². The summed E-state index contributed by atoms with van der Waals surface area (Å²) in [6, 6.07) is 13.1. The molecular weight excluding hydrogens is 334 g/mol. The molecule has 0 amide bonds. The maximum atomic E-state index is 5.47. The van der Waals surface area contributed by atoms with Crippen LogP contribution in [0.15, 0.2) is 47.1 Å². The van der Waals surface area contributed by atoms with Gasteiger partial charge in [-0.15, -0.1) is 0 Å². The van der Waals surface area contributed by atoms with Crippen molar-refractivity contribution in [2.45, 2.75) is 18.4 Å². The Hall–Kier alpha value is -1.46. The lowest BCUT2D eigenvalue weighted by molar-refractivity contribution is 0.721. The highest BCUT2D eigenvalue weighted by molar-refractivity contribution is 9.10. The van der Waals surface area contributed by atoms with E-state index in [4.69, 9.17) is 12.2 Å². The molecule has 1 fully saturated rings. The summed E-state index contributed by atoms with van der Waals surface area (Å²) < 4.78 is 3.88. The number of hydrogen-bond donors (Lipinski definition) is 1. The van der Waals surface area contributed by atoms with Gasteiger partial charge in [0.1, 0.15) is 0 Å². The molecule has 2 unspecified atom stereocenters. The fraction of sp³-hybridized carbons (Fsp3) is 0.200. The Balaban J connectivity index is 1.78. The number of aromatic amines is 1. The molecule has 5 heteroatoms. The molecule has 0 bridgehead atoms. The van der Waals surface area contributed by atoms with Crippen molar-refractivity contribution in [3.63, 3.8) is 0 Å². The van der Waals surface area contributed by atoms with E-state index >= 15 is 0 Å². The summed E-state index contributed by atoms with van der Waals surface area (Å²) in [5.41, 5.74) is 3.32. The smallest absolute Gasteiger partial charge is 0.179 e. The monoisotopic (exact) mass is 345 g/mol. The molecule has 0 radical (unpaired) electrons. The minimum Gasteiger partial charge on any atom is -0.329 e. The Morgan fingerprint density at radius 2 is 2.10 bits per heavy atom. The summed E-state index contributed by atoms with van der Waals surface area (Å²) in [4.78, 5) is 7.76. The molecule has 3 nitrogen and oxygen atoms in total. The van der Waals surface area contributed by atoms with Gasteiger partial charge in [-0.25, -0.2) is 4.98 Å². The molecule has 4 rings (SSSR count). The Morgan fingerprint density at radius 3 is 2.90 bits per heavy atom. The molecule has 2 atom stereocenters. The molecule has 1 N–H and O–H groups in total. The quantitative estimate of drug-likeness (QED) is 0.689. The predicted octanol–water partition coefficient (Wildman–Crippen LogP) is 4.58. The van der Waals surface area contributed by atoms with Gasteiger partial charge in [-0.05, 0) is 46.2 Å². The van der Waals surface area contributed by atoms with E-state index in [-0.39, 0.29) is 0 Å². The molecule has 1 aromatic carbocycles. The van der Waals surface area contributed by atoms with E-state index in [0.717, 1.165) is 26.8 Å². The van der Waals surface area contributed by atoms with Gasteiger partial charge < -0.3 is 4.98 Å². The number of imidazole rings is 1. The first-order valence-electron chi connectivity index (χ1n) is 6.55. The second kappa shape index (κ2) is 4.53. The maximum absolute atomic E-state index is 5.47. The van der Waals surface area contributed by atoms with Crippen molar-refractivity contribution in [2.24, 2.45) is 0 Å². The van der Waals surface area contributed by atoms with Gasteiger partial charge in [0.25, 0.3) is 0 Å². The van der Waals surface area contributed by atoms with Gasteiger partial charge in [-0.3, -0.25) is 4.57 Å². The van der Waals surface area contributed by atoms with Gasteiger partial charge in [-0.2, -0.15) is 0 Å². The molecule has 100 valence electrons. The molecule has 0 spiro atoms. The van der Waals surface area contributed by atoms with Crippen molar-refractivity contribution in [3.05, 3.63) is 57.4 Å². The Morgan fingerprint density at radius 1 is 1.30 bits per heavy atom. The summed E-state index contributed by atoms with van der Waals surface area (Å²) in [6.45, 7) is 0. The number of H-pyrrole nitrogens is 1. The number of nitrogens with one attached hydrogen (secondary N) is 1. The lowest BCUT2D eigenvalue weighted by Crippen LogP contribution is -1.97. The molecule has 1 saturated carbocycles. The van der Waals surface area contributed by atoms with Gasteiger partial charge in [0.05, 0.1) is 5.52 Å². The molecule has 3 aromatic rings. The number of rotatable bonds is 2. The third-order valence-corrected chi connectivity index (χ3v) is 4.57. The first kappa shape index (κ1) is 12.3. The number of pyridine rings is 1. The average Bonchev–Trinajstić information content (AvgIpc) is 3.16. The van der Waals surface area contributed by atoms with Gasteiger partial charge in [0, 0.05) is 22.6 Å². The van der Waals surface area contributed by atoms with Crippen LogP contribution in [0, 0.1) is 4.77 Å². The van der Waals surface area contributed by atoms with Crippen LogP contribution in [0.1, 0.15) is 23.9 Å². The van der Waals surface area contributed by atoms with Crippen LogP contribution < -0.4 is 0 Å². The molecule has 20 heavy (non-hydrogen) atoms. The highest BCUT2D eigenvalue weighted by atomic mass is 79.9. The Bertz CT molecular complexity index is 837. The van der Waals surface area contributed by atoms with E-state index in [1.165, 1.54) is 5.56 Å². The molecule has 1 aliphatic carbocycles. The largest absolute Gasteiger partial charge is 0.329 e. The number of aromatic nitrogens is 3. The Labute approximate surface area is 129 Å². The SMILES string of the molecule is S=c1[nH]c2cc(Br)cnc2n1C1CC1c1ccccc1. The molecule has 0 aliphatic heterocycles. The first-order valence-corrected chi connectivity index (χ1v) is 7.75. The molecule has 2 aromatic heterocycles. The number of benzene rings is 1. The number of hydrogen-bond acceptors (Lipinski definition) is 2. The van der Waals surface area contributed by atoms with Crippen LogP contribution in [0.25, 0.3) is 11.2 Å². The molecule has 1 aliphatic rings. The van der Waals surface area contributed by atoms with E-state index in [1.54, 1.807) is 0 Å². The fourth-order valence-corrected chi connectivity index (χ4v) is 3.48. The van der Waals surface area contributed by atoms with Crippen LogP contribution in [0.4, 0.5) is 0 Å². The zero-order valence-corrected chi connectivity index (χ0v) is 13.0. The summed E-state index contributed by atoms with van der Waals surface area (Å²) in [6.07, 6.45) is 2.95. The third-order valence-electron chi connectivity index (χ3n) is 3.84. The van der Waals surface area contributed by atoms with Crippen molar-refractivity contribution in [3.8, 4) is 0 Å². The zero-order chi connectivity index (χ0) is 13.7. The maximum Gasteiger partial charge on any atom is 0.179 e. The summed E-state index contributed by atoms with van der Waals surface area (Å²) in [5.74, 6) is 0.548. The van der Waals surface area contributed by atoms with E-state index in [0.29, 0.717) is 12.0 Å². The minimum atomic E-state index is 0.423. The van der Waals surface area contributed by atoms with Gasteiger partial charge >= 0.3 is 0 Å². The van der Waals surface area contributed by atoms with E-state index < -0.39 is 0 Å². The van der Waals surface area contributed by atoms with Crippen LogP contribution in [-0.4, -0.2) is 14.5 Å². The van der Waals surface area contributed by atoms with E-state index in [9.17, 15) is 0 Å². The topological polar surface area (TPSA) is 33.6 Å². The third kappa shape index (κ3) is 1.93. The molecular formula is C15H12BrN3S. The fourth-order valence-electron chi connectivity index (χ4n) is 2.82. The number of nitrogens with zero attached hydrogens (tertiary/aromatic N) is 2. The van der Waals surface area contributed by atoms with Crippen molar-refractivity contribution in [1.29, 1.82) is 0 Å². The van der Waals surface area contributed by atoms with Crippen LogP contribution in [0.2, 0.25) is 0 Å². The van der Waals surface area contributed by atoms with Crippen molar-refractivity contribution in [1.82, 2.24) is 14.5 Å². The Kier molecular flexibility index (Phi) is 2.79. The van der Waals surface area contributed by atoms with Crippen molar-refractivity contribution in [2.75, 3.05) is 0 Å². The van der Waals surface area contributed by atoms with Gasteiger partial charge in [0.15, 0.2) is 10.4 Å². The minimum absolute atomic E-state index is 0.423. The zero-order valence-electron chi connectivity index (χ0n) is 10.6. The lowest BCUT2D eigenvalue weighted by Gasteiger charge is -2.03. The summed E-state index contributed by atoms with van der Waals surface area (Å²) in [5, 5.41) is 0. The van der Waals surface area contributed by atoms with Crippen LogP contribution in [0.3, 0.4) is 0 Å². The highest BCUT2D eigenvalue weighted by Crippen LogP contribution is 2.52. The highest BCUT2D eigenvalue weighted by Gasteiger charge is 2.41. The number of halogens is 1. The summed E-state index contributed by atoms with van der Waals surface area (Å²) >= 11 is 8.91. The second-order valence-electron chi connectivity index (χ2n) is 5.15. The van der Waals surface area contributed by atoms with E-state index in [1.807, 2.05) is 12.3 Å². The average molecular weight is 346 g/mol. The van der Waals surface area contributed by atoms with Gasteiger partial charge in [-0.1, -0.05) is 30.3 Å². The summed E-state index contributed by atoms with van der Waals surface area (Å²) in [7, 11) is 0. The van der Waals surface area contributed by atoms with Crippen molar-refractivity contribution >= 4 is 39.3 Å².